The molecule has 2 aliphatic heterocycles. The number of carbonyl (C=O) groups excluding carboxylic acids is 3. The number of fused-ring (bicyclic) bond motifs is 2. The summed E-state index contributed by atoms with van der Waals surface area (Å²) in [5.74, 6) is 1.60. The standard InChI is InChI=1S/C40H48N6O6/c1-23(51-2)36(45-40(50)52-3)39(49)46-17-4-5-33(46)37-43-22-32(44-37)27-12-10-25(11-13-27)24-6-8-26(9-7-24)30-20-31(42-21-30)34-28-14-15-29(19-28)35(34)38(48)41-16-18-47/h6-13,21-23,28-29,33-36,47H,4-5,14-20H2,1-3H3,(H,41,48)(H,43,44)(H,45,50)/t23-,28?,29?,33+,34?,35-,36+/m1/s1. The number of hydrogen-bond acceptors (Lipinski definition) is 8. The molecule has 2 saturated carbocycles. The molecule has 1 saturated heterocycles. The van der Waals surface area contributed by atoms with E-state index in [4.69, 9.17) is 14.5 Å². The fraction of sp³-hybridized carbons (Fsp3) is 0.475. The number of aromatic amines is 1. The number of ether oxygens (including phenoxy) is 2. The van der Waals surface area contributed by atoms with Crippen LogP contribution in [0.5, 0.6) is 0 Å². The first-order valence-corrected chi connectivity index (χ1v) is 18.4. The van der Waals surface area contributed by atoms with Crippen molar-refractivity contribution < 1.29 is 29.0 Å². The molecule has 2 aromatic carbocycles. The molecular weight excluding hydrogens is 660 g/mol. The smallest absolute Gasteiger partial charge is 0.407 e. The number of benzene rings is 2. The summed E-state index contributed by atoms with van der Waals surface area (Å²) in [6, 6.07) is 15.8. The van der Waals surface area contributed by atoms with E-state index < -0.39 is 18.2 Å². The van der Waals surface area contributed by atoms with Gasteiger partial charge in [0.05, 0.1) is 37.8 Å². The van der Waals surface area contributed by atoms with Crippen LogP contribution in [0.3, 0.4) is 0 Å². The van der Waals surface area contributed by atoms with Gasteiger partial charge in [0.1, 0.15) is 11.9 Å². The number of imidazole rings is 1. The molecule has 3 heterocycles. The van der Waals surface area contributed by atoms with Crippen LogP contribution in [0.15, 0.2) is 65.9 Å². The summed E-state index contributed by atoms with van der Waals surface area (Å²) < 4.78 is 10.1. The maximum Gasteiger partial charge on any atom is 0.407 e. The van der Waals surface area contributed by atoms with Crippen molar-refractivity contribution in [1.82, 2.24) is 25.5 Å². The molecule has 7 rings (SSSR count). The van der Waals surface area contributed by atoms with Crippen LogP contribution in [0.1, 0.15) is 62.9 Å². The van der Waals surface area contributed by atoms with Gasteiger partial charge in [0, 0.05) is 50.4 Å². The molecule has 3 amide bonds. The summed E-state index contributed by atoms with van der Waals surface area (Å²) in [6.07, 6.45) is 8.26. The third-order valence-corrected chi connectivity index (χ3v) is 11.6. The van der Waals surface area contributed by atoms with E-state index >= 15 is 0 Å². The Hall–Kier alpha value is -4.81. The summed E-state index contributed by atoms with van der Waals surface area (Å²) >= 11 is 0. The molecule has 2 aliphatic carbocycles. The molecular formula is C40H48N6O6. The Morgan fingerprint density at radius 2 is 1.67 bits per heavy atom. The number of aliphatic hydroxyl groups is 1. The highest BCUT2D eigenvalue weighted by atomic mass is 16.5. The van der Waals surface area contributed by atoms with Crippen LogP contribution in [0.25, 0.3) is 28.0 Å². The van der Waals surface area contributed by atoms with Crippen molar-refractivity contribution in [3.63, 3.8) is 0 Å². The van der Waals surface area contributed by atoms with Gasteiger partial charge >= 0.3 is 6.09 Å². The normalized spacial score (nSPS) is 24.7. The first-order valence-electron chi connectivity index (χ1n) is 18.4. The highest BCUT2D eigenvalue weighted by molar-refractivity contribution is 6.02. The van der Waals surface area contributed by atoms with Gasteiger partial charge in [0.15, 0.2) is 0 Å². The Kier molecular flexibility index (Phi) is 10.6. The zero-order valence-electron chi connectivity index (χ0n) is 30.0. The Morgan fingerprint density at radius 3 is 2.37 bits per heavy atom. The average Bonchev–Trinajstić information content (AvgIpc) is 4.03. The van der Waals surface area contributed by atoms with Gasteiger partial charge in [0.25, 0.3) is 0 Å². The van der Waals surface area contributed by atoms with Crippen LogP contribution in [0.2, 0.25) is 0 Å². The summed E-state index contributed by atoms with van der Waals surface area (Å²) in [4.78, 5) is 53.3. The maximum atomic E-state index is 13.6. The van der Waals surface area contributed by atoms with Crippen molar-refractivity contribution in [2.24, 2.45) is 28.7 Å². The minimum Gasteiger partial charge on any atom is -0.453 e. The Bertz CT molecular complexity index is 1840. The number of alkyl carbamates (subject to hydrolysis) is 1. The number of aliphatic imine (C=N–C) groups is 1. The minimum atomic E-state index is -0.882. The lowest BCUT2D eigenvalue weighted by Gasteiger charge is -2.30. The number of H-pyrrole nitrogens is 1. The lowest BCUT2D eigenvalue weighted by Crippen LogP contribution is -2.54. The second kappa shape index (κ2) is 15.4. The van der Waals surface area contributed by atoms with E-state index in [9.17, 15) is 19.5 Å². The number of nitrogens with one attached hydrogen (secondary N) is 3. The van der Waals surface area contributed by atoms with Gasteiger partial charge in [-0.2, -0.15) is 0 Å². The Balaban J connectivity index is 0.984. The van der Waals surface area contributed by atoms with E-state index in [0.29, 0.717) is 30.7 Å². The van der Waals surface area contributed by atoms with E-state index in [1.807, 2.05) is 6.20 Å². The van der Waals surface area contributed by atoms with Crippen molar-refractivity contribution >= 4 is 29.2 Å². The summed E-state index contributed by atoms with van der Waals surface area (Å²) in [7, 11) is 2.77. The van der Waals surface area contributed by atoms with Crippen molar-refractivity contribution in [3.05, 3.63) is 72.3 Å². The number of carbonyl (C=O) groups is 3. The highest BCUT2D eigenvalue weighted by Gasteiger charge is 2.52. The molecule has 12 heteroatoms. The highest BCUT2D eigenvalue weighted by Crippen LogP contribution is 2.54. The van der Waals surface area contributed by atoms with Crippen molar-refractivity contribution in [3.8, 4) is 22.4 Å². The fourth-order valence-electron chi connectivity index (χ4n) is 8.84. The number of allylic oxidation sites excluding steroid dienone is 1. The molecule has 4 aliphatic rings. The Labute approximate surface area is 304 Å². The second-order valence-corrected chi connectivity index (χ2v) is 14.4. The molecule has 3 unspecified atom stereocenters. The first kappa shape index (κ1) is 35.6. The van der Waals surface area contributed by atoms with Crippen LogP contribution in [-0.2, 0) is 19.1 Å². The molecule has 52 heavy (non-hydrogen) atoms. The minimum absolute atomic E-state index is 0.0447. The summed E-state index contributed by atoms with van der Waals surface area (Å²) in [5, 5.41) is 14.8. The Morgan fingerprint density at radius 1 is 0.981 bits per heavy atom. The predicted molar refractivity (Wildman–Crippen MR) is 197 cm³/mol. The van der Waals surface area contributed by atoms with Gasteiger partial charge in [-0.25, -0.2) is 9.78 Å². The average molecular weight is 709 g/mol. The zero-order chi connectivity index (χ0) is 36.4. The number of likely N-dealkylation sites (tertiary alicyclic amines) is 1. The molecule has 12 nitrogen and oxygen atoms in total. The van der Waals surface area contributed by atoms with Crippen molar-refractivity contribution in [2.45, 2.75) is 63.6 Å². The van der Waals surface area contributed by atoms with E-state index in [1.54, 1.807) is 18.0 Å². The van der Waals surface area contributed by atoms with Crippen LogP contribution in [0, 0.1) is 23.7 Å². The largest absolute Gasteiger partial charge is 0.453 e. The van der Waals surface area contributed by atoms with Gasteiger partial charge in [-0.3, -0.25) is 14.6 Å². The van der Waals surface area contributed by atoms with E-state index in [-0.39, 0.29) is 36.3 Å². The molecule has 274 valence electrons. The molecule has 0 spiro atoms. The second-order valence-electron chi connectivity index (χ2n) is 14.4. The number of methoxy groups -OCH3 is 2. The number of aromatic nitrogens is 2. The number of rotatable bonds is 12. The monoisotopic (exact) mass is 708 g/mol. The van der Waals surface area contributed by atoms with E-state index in [0.717, 1.165) is 72.2 Å². The van der Waals surface area contributed by atoms with Gasteiger partial charge in [0.2, 0.25) is 11.8 Å². The first-order chi connectivity index (χ1) is 25.3. The van der Waals surface area contributed by atoms with Gasteiger partial charge in [-0.05, 0) is 78.7 Å². The van der Waals surface area contributed by atoms with Crippen LogP contribution >= 0.6 is 0 Å². The van der Waals surface area contributed by atoms with E-state index in [2.05, 4.69) is 69.1 Å². The quantitative estimate of drug-likeness (QED) is 0.203. The maximum absolute atomic E-state index is 13.6. The van der Waals surface area contributed by atoms with Crippen molar-refractivity contribution in [1.29, 1.82) is 0 Å². The summed E-state index contributed by atoms with van der Waals surface area (Å²) in [5.41, 5.74) is 7.48. The molecule has 7 atom stereocenters. The lowest BCUT2D eigenvalue weighted by molar-refractivity contribution is -0.137. The lowest BCUT2D eigenvalue weighted by atomic mass is 9.75. The molecule has 3 aromatic rings. The zero-order valence-corrected chi connectivity index (χ0v) is 30.0. The van der Waals surface area contributed by atoms with Gasteiger partial charge in [-0.15, -0.1) is 0 Å². The van der Waals surface area contributed by atoms with Crippen LogP contribution in [0.4, 0.5) is 4.79 Å². The third-order valence-electron chi connectivity index (χ3n) is 11.6. The molecule has 4 N–H and O–H groups in total. The molecule has 2 bridgehead atoms. The number of amides is 3. The van der Waals surface area contributed by atoms with Gasteiger partial charge < -0.3 is 35.1 Å². The van der Waals surface area contributed by atoms with Crippen LogP contribution < -0.4 is 10.6 Å². The predicted octanol–water partition coefficient (Wildman–Crippen LogP) is 5.12. The van der Waals surface area contributed by atoms with E-state index in [1.165, 1.54) is 19.8 Å². The number of aliphatic hydroxyl groups excluding tert-OH is 1. The SMILES string of the molecule is COC(=O)N[C@H](C(=O)N1CCC[C@H]1c1ncc(-c2ccc(-c3ccc(C4=CN=C(C5C6CCC(C6)[C@H]5C(=O)NCCO)C4)cc3)cc2)[nH]1)[C@@H](C)OC. The molecule has 3 fully saturated rings. The number of nitrogens with zero attached hydrogens (tertiary/aromatic N) is 3. The molecule has 1 aromatic heterocycles. The van der Waals surface area contributed by atoms with Crippen molar-refractivity contribution in [2.75, 3.05) is 33.9 Å². The van der Waals surface area contributed by atoms with Crippen LogP contribution in [-0.4, -0.2) is 89.7 Å². The van der Waals surface area contributed by atoms with Gasteiger partial charge in [-0.1, -0.05) is 48.5 Å². The molecule has 0 radical (unpaired) electrons. The number of hydrogen-bond donors (Lipinski definition) is 4. The topological polar surface area (TPSA) is 158 Å². The summed E-state index contributed by atoms with van der Waals surface area (Å²) in [6.45, 7) is 2.55. The third kappa shape index (κ3) is 7.01. The fourth-order valence-corrected chi connectivity index (χ4v) is 8.84.